The van der Waals surface area contributed by atoms with Gasteiger partial charge in [0, 0.05) is 51.6 Å². The Balaban J connectivity index is 1.33. The quantitative estimate of drug-likeness (QED) is 0.110. The maximum atomic E-state index is 14.1. The van der Waals surface area contributed by atoms with Crippen molar-refractivity contribution in [2.75, 3.05) is 16.8 Å². The first-order valence-corrected chi connectivity index (χ1v) is 19.3. The molecule has 52 heavy (non-hydrogen) atoms. The first-order valence-electron chi connectivity index (χ1n) is 17.8. The molecule has 0 radical (unpaired) electrons. The highest BCUT2D eigenvalue weighted by Crippen LogP contribution is 2.62. The fourth-order valence-corrected chi connectivity index (χ4v) is 10.7. The molecule has 5 aromatic carbocycles. The second kappa shape index (κ2) is 12.1. The molecule has 4 nitrogen and oxygen atoms in total. The lowest BCUT2D eigenvalue weighted by Gasteiger charge is -2.43. The summed E-state index contributed by atoms with van der Waals surface area (Å²) in [7, 11) is 2.14. The molecule has 0 aromatic heterocycles. The number of fused-ring (bicyclic) bond motifs is 7. The van der Waals surface area contributed by atoms with Crippen molar-refractivity contribution in [2.24, 2.45) is 0 Å². The Kier molecular flexibility index (Phi) is 7.94. The molecule has 2 heterocycles. The molecule has 262 valence electrons. The molecule has 1 fully saturated rings. The number of ketones is 1. The summed E-state index contributed by atoms with van der Waals surface area (Å²) in [5.74, 6) is -0.411. The normalized spacial score (nSPS) is 21.2. The molecule has 0 amide bonds. The first kappa shape index (κ1) is 34.0. The van der Waals surface area contributed by atoms with Gasteiger partial charge in [-0.25, -0.2) is 0 Å². The van der Waals surface area contributed by atoms with Crippen molar-refractivity contribution in [1.82, 2.24) is 0 Å². The number of allylic oxidation sites excluding steroid dienone is 3. The molecule has 0 bridgehead atoms. The number of carbonyl (C=O) groups is 1. The van der Waals surface area contributed by atoms with Gasteiger partial charge in [-0.2, -0.15) is 0 Å². The summed E-state index contributed by atoms with van der Waals surface area (Å²) in [4.78, 5) is 18.8. The van der Waals surface area contributed by atoms with Gasteiger partial charge < -0.3 is 14.9 Å². The summed E-state index contributed by atoms with van der Waals surface area (Å²) in [6.45, 7) is 4.63. The predicted molar refractivity (Wildman–Crippen MR) is 216 cm³/mol. The average Bonchev–Trinajstić information content (AvgIpc) is 3.57. The van der Waals surface area contributed by atoms with Crippen molar-refractivity contribution in [3.8, 4) is 0 Å². The number of halogens is 4. The second-order valence-electron chi connectivity index (χ2n) is 15.0. The fourth-order valence-electron chi connectivity index (χ4n) is 9.66. The molecule has 2 aliphatic heterocycles. The SMILES string of the molecule is CN1c2ccccc2C(C)(C)c2c1cccc2N1/C(=C\C=C2/C(=O)c3c(Cl)c(Cl)c(Cl)c(Cl)c3C2O)C2(CCCCC2)c2c1ccc1ccccc21. The third kappa shape index (κ3) is 4.55. The predicted octanol–water partition coefficient (Wildman–Crippen LogP) is 13.0. The number of aliphatic hydroxyl groups excluding tert-OH is 1. The molecular weight excluding hydrogens is 730 g/mol. The van der Waals surface area contributed by atoms with Gasteiger partial charge in [0.25, 0.3) is 0 Å². The molecule has 0 saturated heterocycles. The third-order valence-corrected chi connectivity index (χ3v) is 13.8. The lowest BCUT2D eigenvalue weighted by atomic mass is 9.67. The number of Topliss-reactive ketones (excluding diaryl/α,β-unsaturated/α-hetero) is 1. The van der Waals surface area contributed by atoms with E-state index in [4.69, 9.17) is 46.4 Å². The van der Waals surface area contributed by atoms with Gasteiger partial charge >= 0.3 is 0 Å². The summed E-state index contributed by atoms with van der Waals surface area (Å²) in [6.07, 6.45) is 7.77. The second-order valence-corrected chi connectivity index (χ2v) is 16.5. The van der Waals surface area contributed by atoms with E-state index in [-0.39, 0.29) is 47.6 Å². The minimum atomic E-state index is -1.31. The van der Waals surface area contributed by atoms with E-state index in [1.165, 1.54) is 33.2 Å². The van der Waals surface area contributed by atoms with E-state index in [9.17, 15) is 9.90 Å². The summed E-state index contributed by atoms with van der Waals surface area (Å²) >= 11 is 26.0. The molecule has 1 spiro atoms. The first-order chi connectivity index (χ1) is 25.0. The molecule has 8 heteroatoms. The van der Waals surface area contributed by atoms with Gasteiger partial charge in [0.2, 0.25) is 0 Å². The van der Waals surface area contributed by atoms with Crippen LogP contribution in [0.4, 0.5) is 22.7 Å². The van der Waals surface area contributed by atoms with Crippen LogP contribution in [0.2, 0.25) is 20.1 Å². The summed E-state index contributed by atoms with van der Waals surface area (Å²) in [6, 6.07) is 28.4. The molecular formula is C44H36Cl4N2O2. The number of para-hydroxylation sites is 1. The molecule has 1 unspecified atom stereocenters. The van der Waals surface area contributed by atoms with Crippen molar-refractivity contribution < 1.29 is 9.90 Å². The van der Waals surface area contributed by atoms with E-state index in [1.54, 1.807) is 6.08 Å². The number of hydrogen-bond acceptors (Lipinski definition) is 4. The van der Waals surface area contributed by atoms with Gasteiger partial charge in [-0.05, 0) is 65.1 Å². The highest BCUT2D eigenvalue weighted by molar-refractivity contribution is 6.53. The summed E-state index contributed by atoms with van der Waals surface area (Å²) in [5, 5.41) is 14.2. The van der Waals surface area contributed by atoms with Gasteiger partial charge in [-0.15, -0.1) is 0 Å². The van der Waals surface area contributed by atoms with Gasteiger partial charge in [0.15, 0.2) is 5.78 Å². The third-order valence-electron chi connectivity index (χ3n) is 12.0. The van der Waals surface area contributed by atoms with E-state index >= 15 is 0 Å². The van der Waals surface area contributed by atoms with Crippen LogP contribution in [0.15, 0.2) is 102 Å². The van der Waals surface area contributed by atoms with Gasteiger partial charge in [-0.1, -0.05) is 140 Å². The average molecular weight is 767 g/mol. The molecule has 1 saturated carbocycles. The van der Waals surface area contributed by atoms with E-state index in [0.717, 1.165) is 54.9 Å². The zero-order chi connectivity index (χ0) is 36.3. The molecule has 5 aromatic rings. The van der Waals surface area contributed by atoms with Crippen molar-refractivity contribution in [2.45, 2.75) is 62.9 Å². The smallest absolute Gasteiger partial charge is 0.193 e. The molecule has 4 aliphatic rings. The lowest BCUT2D eigenvalue weighted by Crippen LogP contribution is -2.35. The molecule has 2 aliphatic carbocycles. The standard InChI is InChI=1S/C44H36Cl4N2O2/c1-43(2)27-14-7-8-15-28(27)49(3)29-16-11-17-30(36(29)43)50-31-20-18-24-12-5-6-13-25(24)35(31)44(22-9-4-10-23-44)32(50)21-19-26-41(51)33-34(42(26)52)38(46)40(48)39(47)37(33)45/h5-8,11-21,41,51H,4,9-10,22-23H2,1-3H3/b26-19-,32-21-. The van der Waals surface area contributed by atoms with Crippen LogP contribution in [0.5, 0.6) is 0 Å². The Bertz CT molecular complexity index is 2440. The molecule has 9 rings (SSSR count). The zero-order valence-corrected chi connectivity index (χ0v) is 32.1. The monoisotopic (exact) mass is 764 g/mol. The Labute approximate surface area is 323 Å². The molecule has 1 atom stereocenters. The van der Waals surface area contributed by atoms with Gasteiger partial charge in [0.05, 0.1) is 37.0 Å². The minimum absolute atomic E-state index is 0.000648. The number of rotatable bonds is 2. The highest BCUT2D eigenvalue weighted by atomic mass is 35.5. The maximum Gasteiger partial charge on any atom is 0.193 e. The molecule has 1 N–H and O–H groups in total. The largest absolute Gasteiger partial charge is 0.383 e. The summed E-state index contributed by atoms with van der Waals surface area (Å²) < 4.78 is 0. The lowest BCUT2D eigenvalue weighted by molar-refractivity contribution is 0.101. The van der Waals surface area contributed by atoms with Crippen molar-refractivity contribution in [1.29, 1.82) is 0 Å². The van der Waals surface area contributed by atoms with Crippen LogP contribution in [0.1, 0.15) is 84.7 Å². The Morgan fingerprint density at radius 2 is 1.37 bits per heavy atom. The number of benzene rings is 5. The maximum absolute atomic E-state index is 14.1. The van der Waals surface area contributed by atoms with Crippen LogP contribution in [-0.2, 0) is 10.8 Å². The van der Waals surface area contributed by atoms with Crippen LogP contribution >= 0.6 is 46.4 Å². The van der Waals surface area contributed by atoms with Gasteiger partial charge in [0.1, 0.15) is 6.10 Å². The Hall–Kier alpha value is -3.77. The van der Waals surface area contributed by atoms with Crippen LogP contribution in [0.25, 0.3) is 10.8 Å². The van der Waals surface area contributed by atoms with E-state index in [0.29, 0.717) is 0 Å². The highest BCUT2D eigenvalue weighted by Gasteiger charge is 2.51. The van der Waals surface area contributed by atoms with Crippen molar-refractivity contribution in [3.05, 3.63) is 150 Å². The van der Waals surface area contributed by atoms with Crippen molar-refractivity contribution >= 4 is 85.7 Å². The topological polar surface area (TPSA) is 43.8 Å². The summed E-state index contributed by atoms with van der Waals surface area (Å²) in [5.41, 5.74) is 9.30. The van der Waals surface area contributed by atoms with Crippen LogP contribution < -0.4 is 9.80 Å². The Morgan fingerprint density at radius 3 is 2.15 bits per heavy atom. The Morgan fingerprint density at radius 1 is 0.712 bits per heavy atom. The number of aliphatic hydroxyl groups is 1. The van der Waals surface area contributed by atoms with Crippen molar-refractivity contribution in [3.63, 3.8) is 0 Å². The van der Waals surface area contributed by atoms with E-state index in [1.807, 2.05) is 0 Å². The van der Waals surface area contributed by atoms with E-state index < -0.39 is 11.9 Å². The van der Waals surface area contributed by atoms with Crippen LogP contribution in [0, 0.1) is 0 Å². The number of nitrogens with zero attached hydrogens (tertiary/aromatic N) is 2. The van der Waals surface area contributed by atoms with Crippen LogP contribution in [-0.4, -0.2) is 17.9 Å². The van der Waals surface area contributed by atoms with E-state index in [2.05, 4.69) is 116 Å². The number of hydrogen-bond donors (Lipinski definition) is 1. The minimum Gasteiger partial charge on any atom is -0.383 e. The van der Waals surface area contributed by atoms with Crippen LogP contribution in [0.3, 0.4) is 0 Å². The van der Waals surface area contributed by atoms with Gasteiger partial charge in [-0.3, -0.25) is 4.79 Å². The fraction of sp³-hybridized carbons (Fsp3) is 0.250. The number of carbonyl (C=O) groups excluding carboxylic acids is 1. The zero-order valence-electron chi connectivity index (χ0n) is 29.0. The number of anilines is 4.